The molecule has 1 atom stereocenters. The third-order valence-electron chi connectivity index (χ3n) is 1.50. The topological polar surface area (TPSA) is 110 Å². The molecule has 0 aromatic rings. The number of esters is 1. The number of hydrogen-bond donors (Lipinski definition) is 2. The molecule has 0 bridgehead atoms. The summed E-state index contributed by atoms with van der Waals surface area (Å²) in [5.41, 5.74) is 0.254. The molecule has 0 rings (SSSR count). The first-order valence-corrected chi connectivity index (χ1v) is 6.51. The van der Waals surface area contributed by atoms with Crippen LogP contribution in [0.5, 0.6) is 0 Å². The van der Waals surface area contributed by atoms with Gasteiger partial charge >= 0.3 is 19.5 Å². The zero-order valence-electron chi connectivity index (χ0n) is 9.42. The summed E-state index contributed by atoms with van der Waals surface area (Å²) in [6.45, 7) is 4.71. The van der Waals surface area contributed by atoms with E-state index in [0.29, 0.717) is 0 Å². The molecule has 0 amide bonds. The van der Waals surface area contributed by atoms with Crippen molar-refractivity contribution in [3.05, 3.63) is 12.2 Å². The number of hydrogen-bond acceptors (Lipinski definition) is 5. The van der Waals surface area contributed by atoms with Gasteiger partial charge in [-0.2, -0.15) is 0 Å². The molecule has 0 saturated carbocycles. The van der Waals surface area contributed by atoms with Gasteiger partial charge in [0.05, 0.1) is 13.2 Å². The van der Waals surface area contributed by atoms with Gasteiger partial charge in [0.1, 0.15) is 6.16 Å². The molecule has 2 N–H and O–H groups in total. The highest BCUT2D eigenvalue weighted by atomic mass is 31.2. The summed E-state index contributed by atoms with van der Waals surface area (Å²) in [5, 5.41) is 8.29. The van der Waals surface area contributed by atoms with Crippen molar-refractivity contribution in [2.75, 3.05) is 19.4 Å². The van der Waals surface area contributed by atoms with E-state index in [9.17, 15) is 14.2 Å². The molecular weight excluding hydrogens is 251 g/mol. The molecule has 0 aliphatic carbocycles. The number of ether oxygens (including phenoxy) is 1. The van der Waals surface area contributed by atoms with Crippen LogP contribution in [0.15, 0.2) is 12.2 Å². The van der Waals surface area contributed by atoms with Crippen molar-refractivity contribution in [3.63, 3.8) is 0 Å². The number of carbonyl (C=O) groups is 2. The van der Waals surface area contributed by atoms with Crippen LogP contribution in [0.2, 0.25) is 0 Å². The Hall–Kier alpha value is -1.17. The monoisotopic (exact) mass is 266 g/mol. The average molecular weight is 266 g/mol. The third kappa shape index (κ3) is 8.62. The Morgan fingerprint density at radius 1 is 1.35 bits per heavy atom. The van der Waals surface area contributed by atoms with E-state index in [0.717, 1.165) is 0 Å². The molecule has 0 spiro atoms. The predicted octanol–water partition coefficient (Wildman–Crippen LogP) is 0.782. The fraction of sp³-hybridized carbons (Fsp3) is 0.556. The van der Waals surface area contributed by atoms with Gasteiger partial charge in [0.25, 0.3) is 0 Å². The number of carboxylic acid groups (broad SMARTS) is 1. The van der Waals surface area contributed by atoms with Gasteiger partial charge in [-0.15, -0.1) is 0 Å². The van der Waals surface area contributed by atoms with E-state index in [2.05, 4.69) is 11.1 Å². The van der Waals surface area contributed by atoms with Gasteiger partial charge in [-0.25, -0.2) is 4.79 Å². The van der Waals surface area contributed by atoms with E-state index >= 15 is 0 Å². The van der Waals surface area contributed by atoms with Crippen LogP contribution in [0.4, 0.5) is 0 Å². The molecular formula is C9H15O7P. The highest BCUT2D eigenvalue weighted by Crippen LogP contribution is 2.41. The Balaban J connectivity index is 3.71. The van der Waals surface area contributed by atoms with Gasteiger partial charge in [0.15, 0.2) is 0 Å². The smallest absolute Gasteiger partial charge is 0.339 e. The minimum Gasteiger partial charge on any atom is -0.481 e. The van der Waals surface area contributed by atoms with E-state index in [1.165, 1.54) is 6.92 Å². The van der Waals surface area contributed by atoms with E-state index in [1.807, 2.05) is 0 Å². The van der Waals surface area contributed by atoms with Crippen LogP contribution in [0.3, 0.4) is 0 Å². The maximum Gasteiger partial charge on any atom is 0.339 e. The summed E-state index contributed by atoms with van der Waals surface area (Å²) in [6.07, 6.45) is -0.748. The molecule has 7 nitrogen and oxygen atoms in total. The number of carbonyl (C=O) groups excluding carboxylic acids is 1. The van der Waals surface area contributed by atoms with Crippen molar-refractivity contribution >= 4 is 19.5 Å². The van der Waals surface area contributed by atoms with Crippen molar-refractivity contribution in [1.29, 1.82) is 0 Å². The minimum atomic E-state index is -4.09. The van der Waals surface area contributed by atoms with Crippen molar-refractivity contribution in [2.45, 2.75) is 13.3 Å². The molecule has 0 aliphatic heterocycles. The molecule has 1 unspecified atom stereocenters. The summed E-state index contributed by atoms with van der Waals surface area (Å²) < 4.78 is 20.3. The Morgan fingerprint density at radius 2 is 1.94 bits per heavy atom. The minimum absolute atomic E-state index is 0.0127. The fourth-order valence-corrected chi connectivity index (χ4v) is 1.62. The second-order valence-corrected chi connectivity index (χ2v) is 5.14. The molecule has 8 heteroatoms. The van der Waals surface area contributed by atoms with Gasteiger partial charge in [-0.3, -0.25) is 9.36 Å². The molecule has 0 heterocycles. The number of aliphatic carboxylic acids is 1. The second-order valence-electron chi connectivity index (χ2n) is 3.29. The lowest BCUT2D eigenvalue weighted by Gasteiger charge is -2.09. The lowest BCUT2D eigenvalue weighted by Crippen LogP contribution is -2.09. The van der Waals surface area contributed by atoms with Crippen LogP contribution in [0.25, 0.3) is 0 Å². The normalized spacial score (nSPS) is 13.8. The van der Waals surface area contributed by atoms with Crippen LogP contribution in [0, 0.1) is 0 Å². The average Bonchev–Trinajstić information content (AvgIpc) is 2.14. The molecule has 0 saturated heterocycles. The summed E-state index contributed by atoms with van der Waals surface area (Å²) in [6, 6.07) is 0. The zero-order valence-corrected chi connectivity index (χ0v) is 10.3. The SMILES string of the molecule is C=C(C)C(=O)OCCCOP(=O)(O)CC(=O)O. The van der Waals surface area contributed by atoms with E-state index in [1.54, 1.807) is 0 Å². The third-order valence-corrected chi connectivity index (χ3v) is 2.75. The first-order chi connectivity index (χ1) is 7.74. The van der Waals surface area contributed by atoms with Crippen molar-refractivity contribution < 1.29 is 33.4 Å². The van der Waals surface area contributed by atoms with Crippen molar-refractivity contribution in [1.82, 2.24) is 0 Å². The van der Waals surface area contributed by atoms with Gasteiger partial charge in [-0.1, -0.05) is 6.58 Å². The lowest BCUT2D eigenvalue weighted by atomic mass is 10.4. The highest BCUT2D eigenvalue weighted by Gasteiger charge is 2.23. The summed E-state index contributed by atoms with van der Waals surface area (Å²) in [5.74, 6) is -1.97. The highest BCUT2D eigenvalue weighted by molar-refractivity contribution is 7.53. The quantitative estimate of drug-likeness (QED) is 0.289. The summed E-state index contributed by atoms with van der Waals surface area (Å²) in [7, 11) is -4.09. The van der Waals surface area contributed by atoms with Crippen LogP contribution >= 0.6 is 7.60 Å². The first-order valence-electron chi connectivity index (χ1n) is 4.75. The number of carboxylic acids is 1. The van der Waals surface area contributed by atoms with E-state index in [4.69, 9.17) is 14.7 Å². The Morgan fingerprint density at radius 3 is 2.41 bits per heavy atom. The van der Waals surface area contributed by atoms with Crippen molar-refractivity contribution in [2.24, 2.45) is 0 Å². The predicted molar refractivity (Wildman–Crippen MR) is 58.7 cm³/mol. The molecule has 0 aromatic heterocycles. The fourth-order valence-electron chi connectivity index (χ4n) is 0.771. The van der Waals surface area contributed by atoms with Crippen LogP contribution < -0.4 is 0 Å². The van der Waals surface area contributed by atoms with Crippen LogP contribution in [-0.2, 0) is 23.4 Å². The van der Waals surface area contributed by atoms with Crippen LogP contribution in [0.1, 0.15) is 13.3 Å². The molecule has 0 aromatic carbocycles. The molecule has 0 aliphatic rings. The summed E-state index contributed by atoms with van der Waals surface area (Å²) >= 11 is 0. The zero-order chi connectivity index (χ0) is 13.5. The van der Waals surface area contributed by atoms with E-state index in [-0.39, 0.29) is 25.2 Å². The maximum atomic E-state index is 11.1. The molecule has 98 valence electrons. The maximum absolute atomic E-state index is 11.1. The molecule has 0 fully saturated rings. The van der Waals surface area contributed by atoms with Gasteiger partial charge in [0.2, 0.25) is 0 Å². The molecule has 0 radical (unpaired) electrons. The van der Waals surface area contributed by atoms with Crippen LogP contribution in [-0.4, -0.2) is 41.3 Å². The van der Waals surface area contributed by atoms with Gasteiger partial charge < -0.3 is 19.3 Å². The molecule has 17 heavy (non-hydrogen) atoms. The Kier molecular flexibility index (Phi) is 6.72. The Bertz CT molecular complexity index is 349. The Labute approximate surface area is 98.6 Å². The van der Waals surface area contributed by atoms with Gasteiger partial charge in [-0.05, 0) is 6.92 Å². The first kappa shape index (κ1) is 15.8. The summed E-state index contributed by atoms with van der Waals surface area (Å²) in [4.78, 5) is 30.1. The van der Waals surface area contributed by atoms with E-state index < -0.39 is 25.7 Å². The largest absolute Gasteiger partial charge is 0.481 e. The number of rotatable bonds is 8. The van der Waals surface area contributed by atoms with Crippen molar-refractivity contribution in [3.8, 4) is 0 Å². The standard InChI is InChI=1S/C9H15O7P/c1-7(2)9(12)15-4-3-5-16-17(13,14)6-8(10)11/h1,3-6H2,2H3,(H,10,11)(H,13,14). The second kappa shape index (κ2) is 7.21. The lowest BCUT2D eigenvalue weighted by molar-refractivity contribution is -0.139. The van der Waals surface area contributed by atoms with Gasteiger partial charge in [0, 0.05) is 12.0 Å².